The number of pyridine rings is 1. The molecule has 0 aliphatic carbocycles. The van der Waals surface area contributed by atoms with Gasteiger partial charge in [-0.2, -0.15) is 4.98 Å². The summed E-state index contributed by atoms with van der Waals surface area (Å²) in [5, 5.41) is 4.59. The van der Waals surface area contributed by atoms with Gasteiger partial charge in [-0.05, 0) is 30.3 Å². The second-order valence-electron chi connectivity index (χ2n) is 4.79. The first-order valence-electron chi connectivity index (χ1n) is 6.54. The van der Waals surface area contributed by atoms with Gasteiger partial charge >= 0.3 is 0 Å². The summed E-state index contributed by atoms with van der Waals surface area (Å²) in [5.74, 6) is -0.529. The average Bonchev–Trinajstić information content (AvgIpc) is 3.14. The summed E-state index contributed by atoms with van der Waals surface area (Å²) in [4.78, 5) is 11.1. The van der Waals surface area contributed by atoms with E-state index >= 15 is 0 Å². The van der Waals surface area contributed by atoms with E-state index in [1.165, 1.54) is 24.3 Å². The van der Waals surface area contributed by atoms with Crippen LogP contribution >= 0.6 is 11.6 Å². The lowest BCUT2D eigenvalue weighted by Crippen LogP contribution is -1.86. The minimum atomic E-state index is -0.460. The number of H-pyrrole nitrogens is 1. The van der Waals surface area contributed by atoms with E-state index in [2.05, 4.69) is 20.1 Å². The minimum absolute atomic E-state index is 0.132. The molecule has 3 heterocycles. The van der Waals surface area contributed by atoms with Crippen LogP contribution < -0.4 is 0 Å². The molecule has 114 valence electrons. The molecule has 0 aliphatic rings. The van der Waals surface area contributed by atoms with Crippen LogP contribution in [0.2, 0.25) is 5.02 Å². The first kappa shape index (κ1) is 13.8. The topological polar surface area (TPSA) is 67.6 Å². The zero-order chi connectivity index (χ0) is 16.0. The molecule has 23 heavy (non-hydrogen) atoms. The molecule has 0 unspecified atom stereocenters. The number of aromatic amines is 1. The van der Waals surface area contributed by atoms with Crippen LogP contribution in [0.1, 0.15) is 0 Å². The number of benzene rings is 1. The lowest BCUT2D eigenvalue weighted by atomic mass is 10.2. The van der Waals surface area contributed by atoms with Crippen molar-refractivity contribution in [2.75, 3.05) is 0 Å². The number of aromatic nitrogens is 4. The second-order valence-corrected chi connectivity index (χ2v) is 5.17. The molecule has 0 saturated carbocycles. The van der Waals surface area contributed by atoms with Crippen LogP contribution in [0, 0.1) is 11.6 Å². The van der Waals surface area contributed by atoms with Gasteiger partial charge in [0, 0.05) is 10.9 Å². The molecule has 1 N–H and O–H groups in total. The molecule has 4 rings (SSSR count). The Morgan fingerprint density at radius 2 is 1.91 bits per heavy atom. The molecule has 0 atom stereocenters. The van der Waals surface area contributed by atoms with Gasteiger partial charge in [-0.1, -0.05) is 16.8 Å². The fourth-order valence-electron chi connectivity index (χ4n) is 2.22. The lowest BCUT2D eigenvalue weighted by molar-refractivity contribution is 0.431. The van der Waals surface area contributed by atoms with Crippen molar-refractivity contribution in [2.24, 2.45) is 0 Å². The van der Waals surface area contributed by atoms with E-state index in [1.54, 1.807) is 6.07 Å². The van der Waals surface area contributed by atoms with Crippen LogP contribution in [-0.4, -0.2) is 20.1 Å². The van der Waals surface area contributed by atoms with E-state index < -0.39 is 11.6 Å². The molecule has 5 nitrogen and oxygen atoms in total. The number of nitrogens with one attached hydrogen (secondary N) is 1. The molecular formula is C15H7ClF2N4O. The van der Waals surface area contributed by atoms with E-state index in [0.717, 1.165) is 6.20 Å². The van der Waals surface area contributed by atoms with Gasteiger partial charge in [0.05, 0.1) is 11.2 Å². The fraction of sp³-hybridized carbons (Fsp3) is 0. The molecule has 0 saturated heterocycles. The number of rotatable bonds is 2. The highest BCUT2D eigenvalue weighted by Crippen LogP contribution is 2.34. The zero-order valence-corrected chi connectivity index (χ0v) is 12.1. The summed E-state index contributed by atoms with van der Waals surface area (Å²) in [6.07, 6.45) is 1.06. The van der Waals surface area contributed by atoms with Crippen molar-refractivity contribution in [3.05, 3.63) is 53.2 Å². The number of halogens is 3. The third-order valence-corrected chi connectivity index (χ3v) is 3.69. The highest BCUT2D eigenvalue weighted by Gasteiger charge is 2.18. The van der Waals surface area contributed by atoms with Crippen molar-refractivity contribution in [1.29, 1.82) is 0 Å². The van der Waals surface area contributed by atoms with Crippen molar-refractivity contribution < 1.29 is 13.3 Å². The van der Waals surface area contributed by atoms with Crippen LogP contribution in [0.15, 0.2) is 41.1 Å². The van der Waals surface area contributed by atoms with Crippen molar-refractivity contribution in [2.45, 2.75) is 0 Å². The molecule has 0 amide bonds. The quantitative estimate of drug-likeness (QED) is 0.597. The molecule has 1 aromatic carbocycles. The summed E-state index contributed by atoms with van der Waals surface area (Å²) in [6, 6.07) is 6.89. The maximum Gasteiger partial charge on any atom is 0.276 e. The lowest BCUT2D eigenvalue weighted by Gasteiger charge is -1.92. The van der Waals surface area contributed by atoms with Crippen molar-refractivity contribution in [1.82, 2.24) is 20.1 Å². The summed E-state index contributed by atoms with van der Waals surface area (Å²) in [6.45, 7) is 0. The van der Waals surface area contributed by atoms with E-state index in [9.17, 15) is 8.78 Å². The van der Waals surface area contributed by atoms with Gasteiger partial charge in [-0.15, -0.1) is 0 Å². The molecule has 3 aromatic heterocycles. The average molecular weight is 333 g/mol. The van der Waals surface area contributed by atoms with Gasteiger partial charge in [0.15, 0.2) is 0 Å². The maximum atomic E-state index is 13.3. The normalized spacial score (nSPS) is 11.3. The summed E-state index contributed by atoms with van der Waals surface area (Å²) in [5.41, 5.74) is 1.39. The SMILES string of the molecule is Fc1ccc(-c2noc(-c3[nH]c4ccc(F)cc4c3Cl)n2)nc1. The maximum absolute atomic E-state index is 13.3. The number of fused-ring (bicyclic) bond motifs is 1. The highest BCUT2D eigenvalue weighted by molar-refractivity contribution is 6.38. The van der Waals surface area contributed by atoms with Crippen molar-refractivity contribution in [3.8, 4) is 23.1 Å². The second kappa shape index (κ2) is 5.13. The summed E-state index contributed by atoms with van der Waals surface area (Å²) in [7, 11) is 0. The van der Waals surface area contributed by atoms with Gasteiger partial charge in [0.25, 0.3) is 5.89 Å². The number of hydrogen-bond donors (Lipinski definition) is 1. The fourth-order valence-corrected chi connectivity index (χ4v) is 2.50. The third kappa shape index (κ3) is 2.35. The predicted molar refractivity (Wildman–Crippen MR) is 79.7 cm³/mol. The predicted octanol–water partition coefficient (Wildman–Crippen LogP) is 4.21. The first-order valence-corrected chi connectivity index (χ1v) is 6.92. The third-order valence-electron chi connectivity index (χ3n) is 3.29. The molecule has 4 aromatic rings. The van der Waals surface area contributed by atoms with Crippen molar-refractivity contribution in [3.63, 3.8) is 0 Å². The molecule has 8 heteroatoms. The Hall–Kier alpha value is -2.80. The van der Waals surface area contributed by atoms with Crippen LogP contribution in [-0.2, 0) is 0 Å². The van der Waals surface area contributed by atoms with E-state index in [4.69, 9.17) is 16.1 Å². The van der Waals surface area contributed by atoms with Crippen LogP contribution in [0.4, 0.5) is 8.78 Å². The van der Waals surface area contributed by atoms with Crippen LogP contribution in [0.3, 0.4) is 0 Å². The van der Waals surface area contributed by atoms with Gasteiger partial charge in [0.2, 0.25) is 5.82 Å². The van der Waals surface area contributed by atoms with Crippen LogP contribution in [0.25, 0.3) is 34.0 Å². The summed E-state index contributed by atoms with van der Waals surface area (Å²) < 4.78 is 31.4. The Labute approximate surface area is 132 Å². The van der Waals surface area contributed by atoms with E-state index in [-0.39, 0.29) is 16.7 Å². The zero-order valence-electron chi connectivity index (χ0n) is 11.3. The van der Waals surface area contributed by atoms with Gasteiger partial charge in [-0.3, -0.25) is 0 Å². The molecule has 0 radical (unpaired) electrons. The largest absolute Gasteiger partial charge is 0.349 e. The number of hydrogen-bond acceptors (Lipinski definition) is 4. The molecule has 0 fully saturated rings. The van der Waals surface area contributed by atoms with Crippen molar-refractivity contribution >= 4 is 22.5 Å². The Morgan fingerprint density at radius 3 is 2.70 bits per heavy atom. The van der Waals surface area contributed by atoms with Gasteiger partial charge in [-0.25, -0.2) is 13.8 Å². The van der Waals surface area contributed by atoms with E-state index in [1.807, 2.05) is 0 Å². The first-order chi connectivity index (χ1) is 11.1. The van der Waals surface area contributed by atoms with Gasteiger partial charge in [0.1, 0.15) is 23.0 Å². The highest BCUT2D eigenvalue weighted by atomic mass is 35.5. The minimum Gasteiger partial charge on any atom is -0.349 e. The van der Waals surface area contributed by atoms with E-state index in [0.29, 0.717) is 22.3 Å². The summed E-state index contributed by atoms with van der Waals surface area (Å²) >= 11 is 6.25. The Morgan fingerprint density at radius 1 is 1.09 bits per heavy atom. The molecule has 0 aliphatic heterocycles. The monoisotopic (exact) mass is 332 g/mol. The Kier molecular flexibility index (Phi) is 3.09. The van der Waals surface area contributed by atoms with Crippen LogP contribution in [0.5, 0.6) is 0 Å². The van der Waals surface area contributed by atoms with Gasteiger partial charge < -0.3 is 9.51 Å². The molecule has 0 bridgehead atoms. The smallest absolute Gasteiger partial charge is 0.276 e. The Bertz CT molecular complexity index is 1010. The number of nitrogens with zero attached hydrogens (tertiary/aromatic N) is 3. The standard InChI is InChI=1S/C15H7ClF2N4O/c16-12-9-5-7(17)1-3-10(9)20-13(12)15-21-14(22-23-15)11-4-2-8(18)6-19-11/h1-6,20H. The molecule has 0 spiro atoms. The Balaban J connectivity index is 1.80. The molecular weight excluding hydrogens is 326 g/mol.